The van der Waals surface area contributed by atoms with E-state index in [4.69, 9.17) is 9.47 Å². The number of carbonyl (C=O) groups is 2. The summed E-state index contributed by atoms with van der Waals surface area (Å²) in [6.45, 7) is 8.86. The maximum Gasteiger partial charge on any atom is 0.306 e. The third-order valence-electron chi connectivity index (χ3n) is 9.12. The molecule has 0 amide bonds. The first kappa shape index (κ1) is 42.9. The average Bonchev–Trinajstić information content (AvgIpc) is 3.01. The molecule has 0 bridgehead atoms. The van der Waals surface area contributed by atoms with Gasteiger partial charge < -0.3 is 14.6 Å². The first-order chi connectivity index (χ1) is 21.4. The number of hydrogen-bond donors (Lipinski definition) is 1. The highest BCUT2D eigenvalue weighted by molar-refractivity contribution is 5.70. The summed E-state index contributed by atoms with van der Waals surface area (Å²) in [5, 5.41) is 9.54. The summed E-state index contributed by atoms with van der Waals surface area (Å²) in [5.41, 5.74) is 0. The molecular weight excluding hydrogens is 548 g/mol. The Kier molecular flexibility index (Phi) is 32.4. The van der Waals surface area contributed by atoms with Gasteiger partial charge in [0.2, 0.25) is 0 Å². The molecule has 0 spiro atoms. The van der Waals surface area contributed by atoms with Gasteiger partial charge >= 0.3 is 11.9 Å². The van der Waals surface area contributed by atoms with Crippen LogP contribution in [0.3, 0.4) is 0 Å². The molecule has 0 radical (unpaired) electrons. The lowest BCUT2D eigenvalue weighted by atomic mass is 9.99. The molecule has 1 N–H and O–H groups in total. The number of hydrogen-bond acceptors (Lipinski definition) is 5. The molecule has 0 heterocycles. The number of unbranched alkanes of at least 4 members (excludes halogenated alkanes) is 21. The van der Waals surface area contributed by atoms with Crippen molar-refractivity contribution in [3.63, 3.8) is 0 Å². The van der Waals surface area contributed by atoms with Crippen LogP contribution >= 0.6 is 0 Å². The summed E-state index contributed by atoms with van der Waals surface area (Å²) < 4.78 is 10.6. The van der Waals surface area contributed by atoms with Gasteiger partial charge in [-0.15, -0.1) is 0 Å². The molecule has 2 atom stereocenters. The first-order valence-electron chi connectivity index (χ1n) is 19.3. The fraction of sp³-hybridized carbons (Fsp3) is 0.949. The summed E-state index contributed by atoms with van der Waals surface area (Å²) in [7, 11) is 0. The first-order valence-corrected chi connectivity index (χ1v) is 19.3. The molecule has 262 valence electrons. The number of ether oxygens (including phenoxy) is 2. The molecule has 0 aromatic heterocycles. The SMILES string of the molecule is CCC(C)CCCCCCCCCCC(=O)OC[C@H](CO)OC(=O)CCCCCCCCCCCCCCCCCC(C)C. The van der Waals surface area contributed by atoms with Crippen molar-refractivity contribution in [2.24, 2.45) is 11.8 Å². The molecular formula is C39H76O5. The number of aliphatic hydroxyl groups is 1. The Balaban J connectivity index is 3.51. The molecule has 5 heteroatoms. The third-order valence-corrected chi connectivity index (χ3v) is 9.12. The number of rotatable bonds is 34. The lowest BCUT2D eigenvalue weighted by Gasteiger charge is -2.15. The predicted octanol–water partition coefficient (Wildman–Crippen LogP) is 11.7. The van der Waals surface area contributed by atoms with Crippen molar-refractivity contribution in [1.82, 2.24) is 0 Å². The van der Waals surface area contributed by atoms with Crippen LogP contribution in [-0.2, 0) is 19.1 Å². The largest absolute Gasteiger partial charge is 0.462 e. The zero-order valence-corrected chi connectivity index (χ0v) is 30.0. The second kappa shape index (κ2) is 33.3. The van der Waals surface area contributed by atoms with Gasteiger partial charge in [-0.05, 0) is 24.7 Å². The van der Waals surface area contributed by atoms with Gasteiger partial charge in [0.1, 0.15) is 6.61 Å². The molecule has 0 aliphatic carbocycles. The molecule has 0 aliphatic rings. The van der Waals surface area contributed by atoms with E-state index in [1.54, 1.807) is 0 Å². The minimum Gasteiger partial charge on any atom is -0.462 e. The highest BCUT2D eigenvalue weighted by atomic mass is 16.6. The number of carbonyl (C=O) groups excluding carboxylic acids is 2. The van der Waals surface area contributed by atoms with Gasteiger partial charge in [0.05, 0.1) is 6.61 Å². The van der Waals surface area contributed by atoms with E-state index in [1.807, 2.05) is 0 Å². The number of esters is 2. The smallest absolute Gasteiger partial charge is 0.306 e. The van der Waals surface area contributed by atoms with Crippen LogP contribution in [0, 0.1) is 11.8 Å². The van der Waals surface area contributed by atoms with Gasteiger partial charge in [-0.25, -0.2) is 0 Å². The minimum atomic E-state index is -0.763. The van der Waals surface area contributed by atoms with Gasteiger partial charge in [0, 0.05) is 12.8 Å². The summed E-state index contributed by atoms with van der Waals surface area (Å²) in [6, 6.07) is 0. The highest BCUT2D eigenvalue weighted by Crippen LogP contribution is 2.17. The fourth-order valence-electron chi connectivity index (χ4n) is 5.77. The zero-order chi connectivity index (χ0) is 32.5. The van der Waals surface area contributed by atoms with Crippen LogP contribution in [0.1, 0.15) is 207 Å². The minimum absolute atomic E-state index is 0.0594. The van der Waals surface area contributed by atoms with E-state index in [0.29, 0.717) is 12.8 Å². The monoisotopic (exact) mass is 625 g/mol. The Bertz CT molecular complexity index is 620. The van der Waals surface area contributed by atoms with E-state index < -0.39 is 6.10 Å². The average molecular weight is 625 g/mol. The van der Waals surface area contributed by atoms with Crippen molar-refractivity contribution in [1.29, 1.82) is 0 Å². The summed E-state index contributed by atoms with van der Waals surface area (Å²) in [6.07, 6.45) is 33.0. The Morgan fingerprint density at radius 2 is 0.886 bits per heavy atom. The van der Waals surface area contributed by atoms with E-state index >= 15 is 0 Å². The Labute approximate surface area is 274 Å². The van der Waals surface area contributed by atoms with Gasteiger partial charge in [-0.3, -0.25) is 9.59 Å². The van der Waals surface area contributed by atoms with E-state index in [1.165, 1.54) is 128 Å². The molecule has 0 aromatic rings. The standard InChI is InChI=1S/C39H76O5/c1-5-36(4)30-26-22-18-15-16-19-23-27-31-38(41)43-34-37(33-40)44-39(42)32-28-24-20-14-12-10-8-6-7-9-11-13-17-21-25-29-35(2)3/h35-37,40H,5-34H2,1-4H3/t36?,37-/m0/s1. The Morgan fingerprint density at radius 3 is 1.27 bits per heavy atom. The lowest BCUT2D eigenvalue weighted by molar-refractivity contribution is -0.161. The normalized spacial score (nSPS) is 12.9. The predicted molar refractivity (Wildman–Crippen MR) is 187 cm³/mol. The zero-order valence-electron chi connectivity index (χ0n) is 30.0. The fourth-order valence-corrected chi connectivity index (χ4v) is 5.77. The summed E-state index contributed by atoms with van der Waals surface area (Å²) >= 11 is 0. The van der Waals surface area contributed by atoms with Gasteiger partial charge in [-0.1, -0.05) is 182 Å². The lowest BCUT2D eigenvalue weighted by Crippen LogP contribution is -2.28. The molecule has 0 saturated heterocycles. The molecule has 0 saturated carbocycles. The summed E-state index contributed by atoms with van der Waals surface area (Å²) in [4.78, 5) is 24.2. The Hall–Kier alpha value is -1.10. The van der Waals surface area contributed by atoms with Crippen molar-refractivity contribution >= 4 is 11.9 Å². The quantitative estimate of drug-likeness (QED) is 0.0569. The van der Waals surface area contributed by atoms with Crippen LogP contribution in [0.5, 0.6) is 0 Å². The van der Waals surface area contributed by atoms with E-state index in [0.717, 1.165) is 50.4 Å². The van der Waals surface area contributed by atoms with Crippen LogP contribution < -0.4 is 0 Å². The molecule has 0 rings (SSSR count). The van der Waals surface area contributed by atoms with E-state index in [2.05, 4.69) is 27.7 Å². The second-order valence-corrected chi connectivity index (χ2v) is 14.1. The molecule has 0 aromatic carbocycles. The van der Waals surface area contributed by atoms with Gasteiger partial charge in [0.15, 0.2) is 6.10 Å². The van der Waals surface area contributed by atoms with Crippen molar-refractivity contribution in [3.05, 3.63) is 0 Å². The maximum atomic E-state index is 12.2. The molecule has 0 fully saturated rings. The van der Waals surface area contributed by atoms with Crippen molar-refractivity contribution in [2.45, 2.75) is 214 Å². The molecule has 0 aliphatic heterocycles. The van der Waals surface area contributed by atoms with Crippen LogP contribution in [0.2, 0.25) is 0 Å². The van der Waals surface area contributed by atoms with E-state index in [-0.39, 0.29) is 25.2 Å². The van der Waals surface area contributed by atoms with Crippen molar-refractivity contribution in [3.8, 4) is 0 Å². The molecule has 5 nitrogen and oxygen atoms in total. The van der Waals surface area contributed by atoms with Crippen LogP contribution in [-0.4, -0.2) is 36.4 Å². The van der Waals surface area contributed by atoms with Crippen LogP contribution in [0.15, 0.2) is 0 Å². The summed E-state index contributed by atoms with van der Waals surface area (Å²) in [5.74, 6) is 1.13. The topological polar surface area (TPSA) is 72.8 Å². The van der Waals surface area contributed by atoms with Gasteiger partial charge in [-0.2, -0.15) is 0 Å². The second-order valence-electron chi connectivity index (χ2n) is 14.1. The third kappa shape index (κ3) is 32.3. The van der Waals surface area contributed by atoms with Crippen molar-refractivity contribution < 1.29 is 24.2 Å². The Morgan fingerprint density at radius 1 is 0.523 bits per heavy atom. The van der Waals surface area contributed by atoms with E-state index in [9.17, 15) is 14.7 Å². The number of aliphatic hydroxyl groups excluding tert-OH is 1. The highest BCUT2D eigenvalue weighted by Gasteiger charge is 2.16. The van der Waals surface area contributed by atoms with Crippen molar-refractivity contribution in [2.75, 3.05) is 13.2 Å². The molecule has 44 heavy (non-hydrogen) atoms. The van der Waals surface area contributed by atoms with Crippen LogP contribution in [0.4, 0.5) is 0 Å². The van der Waals surface area contributed by atoms with Gasteiger partial charge in [0.25, 0.3) is 0 Å². The van der Waals surface area contributed by atoms with Crippen LogP contribution in [0.25, 0.3) is 0 Å². The maximum absolute atomic E-state index is 12.2. The molecule has 1 unspecified atom stereocenters.